The number of aryl methyl sites for hydroxylation is 1. The highest BCUT2D eigenvalue weighted by Crippen LogP contribution is 2.08. The molecular formula is C16H22N4O2. The Balaban J connectivity index is 1.73. The standard InChI is InChI=1S/C16H22N4O2/c21-11-10-20(13-15-18-8-9-19-15)16(22)6-2-1-4-14-5-3-7-17-12-14/h3,5,7-9,12,21H,1-2,4,6,10-11,13H2,(H,18,19). The second-order valence-electron chi connectivity index (χ2n) is 5.14. The van der Waals surface area contributed by atoms with Crippen molar-refractivity contribution in [3.63, 3.8) is 0 Å². The van der Waals surface area contributed by atoms with E-state index in [1.165, 1.54) is 5.56 Å². The molecule has 0 aliphatic rings. The lowest BCUT2D eigenvalue weighted by molar-refractivity contribution is -0.132. The molecule has 2 N–H and O–H groups in total. The van der Waals surface area contributed by atoms with Crippen molar-refractivity contribution in [1.29, 1.82) is 0 Å². The molecule has 0 aliphatic carbocycles. The van der Waals surface area contributed by atoms with Gasteiger partial charge in [-0.1, -0.05) is 6.07 Å². The van der Waals surface area contributed by atoms with Crippen LogP contribution in [0, 0.1) is 0 Å². The first-order valence-corrected chi connectivity index (χ1v) is 7.55. The molecule has 6 nitrogen and oxygen atoms in total. The minimum Gasteiger partial charge on any atom is -0.395 e. The van der Waals surface area contributed by atoms with Crippen LogP contribution in [0.15, 0.2) is 36.9 Å². The third-order valence-corrected chi connectivity index (χ3v) is 3.45. The molecule has 0 aromatic carbocycles. The average Bonchev–Trinajstić information content (AvgIpc) is 3.05. The number of carbonyl (C=O) groups excluding carboxylic acids is 1. The van der Waals surface area contributed by atoms with Gasteiger partial charge in [0.1, 0.15) is 5.82 Å². The summed E-state index contributed by atoms with van der Waals surface area (Å²) >= 11 is 0. The van der Waals surface area contributed by atoms with Crippen molar-refractivity contribution in [3.8, 4) is 0 Å². The van der Waals surface area contributed by atoms with Crippen molar-refractivity contribution in [2.75, 3.05) is 13.2 Å². The van der Waals surface area contributed by atoms with E-state index < -0.39 is 0 Å². The van der Waals surface area contributed by atoms with E-state index in [4.69, 9.17) is 5.11 Å². The van der Waals surface area contributed by atoms with Gasteiger partial charge >= 0.3 is 0 Å². The number of rotatable bonds is 9. The summed E-state index contributed by atoms with van der Waals surface area (Å²) in [6.07, 6.45) is 10.2. The van der Waals surface area contributed by atoms with Gasteiger partial charge in [-0.25, -0.2) is 4.98 Å². The van der Waals surface area contributed by atoms with Gasteiger partial charge < -0.3 is 15.0 Å². The van der Waals surface area contributed by atoms with E-state index in [9.17, 15) is 4.79 Å². The van der Waals surface area contributed by atoms with Gasteiger partial charge in [-0.05, 0) is 30.9 Å². The molecule has 0 saturated heterocycles. The van der Waals surface area contributed by atoms with Gasteiger partial charge in [0.15, 0.2) is 0 Å². The maximum atomic E-state index is 12.2. The van der Waals surface area contributed by atoms with Crippen LogP contribution in [0.5, 0.6) is 0 Å². The number of amides is 1. The van der Waals surface area contributed by atoms with Crippen LogP contribution in [0.3, 0.4) is 0 Å². The fourth-order valence-electron chi connectivity index (χ4n) is 2.29. The lowest BCUT2D eigenvalue weighted by Gasteiger charge is -2.20. The first-order valence-electron chi connectivity index (χ1n) is 7.55. The third kappa shape index (κ3) is 5.29. The van der Waals surface area contributed by atoms with E-state index in [2.05, 4.69) is 15.0 Å². The summed E-state index contributed by atoms with van der Waals surface area (Å²) in [5, 5.41) is 9.10. The Morgan fingerprint density at radius 2 is 2.23 bits per heavy atom. The van der Waals surface area contributed by atoms with Crippen molar-refractivity contribution in [1.82, 2.24) is 19.9 Å². The number of aromatic nitrogens is 3. The summed E-state index contributed by atoms with van der Waals surface area (Å²) in [4.78, 5) is 25.0. The molecule has 22 heavy (non-hydrogen) atoms. The zero-order valence-electron chi connectivity index (χ0n) is 12.6. The molecule has 0 bridgehead atoms. The van der Waals surface area contributed by atoms with Gasteiger partial charge in [-0.15, -0.1) is 0 Å². The summed E-state index contributed by atoms with van der Waals surface area (Å²) in [5.41, 5.74) is 1.19. The molecule has 0 saturated carbocycles. The van der Waals surface area contributed by atoms with Crippen LogP contribution in [-0.2, 0) is 17.8 Å². The summed E-state index contributed by atoms with van der Waals surface area (Å²) in [6, 6.07) is 3.97. The average molecular weight is 302 g/mol. The number of carbonyl (C=O) groups is 1. The molecule has 2 rings (SSSR count). The lowest BCUT2D eigenvalue weighted by Crippen LogP contribution is -2.33. The Morgan fingerprint density at radius 1 is 1.32 bits per heavy atom. The van der Waals surface area contributed by atoms with Crippen LogP contribution < -0.4 is 0 Å². The second-order valence-corrected chi connectivity index (χ2v) is 5.14. The number of nitrogens with one attached hydrogen (secondary N) is 1. The molecule has 0 atom stereocenters. The predicted molar refractivity (Wildman–Crippen MR) is 82.9 cm³/mol. The van der Waals surface area contributed by atoms with Gasteiger partial charge in [0.2, 0.25) is 5.91 Å². The van der Waals surface area contributed by atoms with Crippen molar-refractivity contribution in [2.45, 2.75) is 32.2 Å². The zero-order chi connectivity index (χ0) is 15.6. The van der Waals surface area contributed by atoms with Crippen LogP contribution in [0.1, 0.15) is 30.7 Å². The van der Waals surface area contributed by atoms with E-state index >= 15 is 0 Å². The Hall–Kier alpha value is -2.21. The Labute approximate surface area is 130 Å². The fraction of sp³-hybridized carbons (Fsp3) is 0.438. The predicted octanol–water partition coefficient (Wildman–Crippen LogP) is 1.54. The summed E-state index contributed by atoms with van der Waals surface area (Å²) in [7, 11) is 0. The molecule has 2 heterocycles. The molecule has 6 heteroatoms. The number of unbranched alkanes of at least 4 members (excludes halogenated alkanes) is 1. The molecule has 0 unspecified atom stereocenters. The normalized spacial score (nSPS) is 10.6. The van der Waals surface area contributed by atoms with Crippen LogP contribution in [0.25, 0.3) is 0 Å². The SMILES string of the molecule is O=C(CCCCc1cccnc1)N(CCO)Cc1ncc[nH]1. The summed E-state index contributed by atoms with van der Waals surface area (Å²) in [6.45, 7) is 0.708. The van der Waals surface area contributed by atoms with Crippen molar-refractivity contribution < 1.29 is 9.90 Å². The number of aromatic amines is 1. The van der Waals surface area contributed by atoms with E-state index in [0.29, 0.717) is 19.5 Å². The molecule has 0 radical (unpaired) electrons. The molecule has 0 aliphatic heterocycles. The minimum atomic E-state index is -0.0396. The van der Waals surface area contributed by atoms with Crippen molar-refractivity contribution in [3.05, 3.63) is 48.3 Å². The smallest absolute Gasteiger partial charge is 0.223 e. The highest BCUT2D eigenvalue weighted by atomic mass is 16.3. The maximum absolute atomic E-state index is 12.2. The first kappa shape index (κ1) is 16.2. The zero-order valence-corrected chi connectivity index (χ0v) is 12.6. The third-order valence-electron chi connectivity index (χ3n) is 3.45. The highest BCUT2D eigenvalue weighted by Gasteiger charge is 2.14. The van der Waals surface area contributed by atoms with Crippen molar-refractivity contribution in [2.24, 2.45) is 0 Å². The fourth-order valence-corrected chi connectivity index (χ4v) is 2.29. The number of imidazole rings is 1. The van der Waals surface area contributed by atoms with Crippen LogP contribution in [0.4, 0.5) is 0 Å². The van der Waals surface area contributed by atoms with Crippen LogP contribution in [-0.4, -0.2) is 44.0 Å². The molecule has 1 amide bonds. The maximum Gasteiger partial charge on any atom is 0.223 e. The Kier molecular flexibility index (Phi) is 6.57. The number of hydrogen-bond acceptors (Lipinski definition) is 4. The topological polar surface area (TPSA) is 82.1 Å². The molecule has 0 spiro atoms. The number of hydrogen-bond donors (Lipinski definition) is 2. The lowest BCUT2D eigenvalue weighted by atomic mass is 10.1. The van der Waals surface area contributed by atoms with Gasteiger partial charge in [0.05, 0.1) is 13.2 Å². The minimum absolute atomic E-state index is 0.0396. The Morgan fingerprint density at radius 3 is 2.91 bits per heavy atom. The van der Waals surface area contributed by atoms with Crippen LogP contribution >= 0.6 is 0 Å². The quantitative estimate of drug-likeness (QED) is 0.688. The van der Waals surface area contributed by atoms with E-state index in [1.54, 1.807) is 23.5 Å². The molecule has 2 aromatic rings. The Bertz CT molecular complexity index is 543. The van der Waals surface area contributed by atoms with Crippen molar-refractivity contribution >= 4 is 5.91 Å². The summed E-state index contributed by atoms with van der Waals surface area (Å²) < 4.78 is 0. The first-order chi connectivity index (χ1) is 10.8. The summed E-state index contributed by atoms with van der Waals surface area (Å²) in [5.74, 6) is 0.786. The van der Waals surface area contributed by atoms with E-state index in [0.717, 1.165) is 25.1 Å². The van der Waals surface area contributed by atoms with Crippen LogP contribution in [0.2, 0.25) is 0 Å². The number of H-pyrrole nitrogens is 1. The van der Waals surface area contributed by atoms with Gasteiger partial charge in [-0.2, -0.15) is 0 Å². The number of aliphatic hydroxyl groups is 1. The number of pyridine rings is 1. The highest BCUT2D eigenvalue weighted by molar-refractivity contribution is 5.76. The van der Waals surface area contributed by atoms with Gasteiger partial charge in [0, 0.05) is 37.8 Å². The van der Waals surface area contributed by atoms with E-state index in [1.807, 2.05) is 18.3 Å². The van der Waals surface area contributed by atoms with Gasteiger partial charge in [-0.3, -0.25) is 9.78 Å². The van der Waals surface area contributed by atoms with E-state index in [-0.39, 0.29) is 12.5 Å². The molecule has 0 fully saturated rings. The largest absolute Gasteiger partial charge is 0.395 e. The molecule has 2 aromatic heterocycles. The number of nitrogens with zero attached hydrogens (tertiary/aromatic N) is 3. The number of aliphatic hydroxyl groups excluding tert-OH is 1. The second kappa shape index (κ2) is 8.94. The van der Waals surface area contributed by atoms with Gasteiger partial charge in [0.25, 0.3) is 0 Å². The monoisotopic (exact) mass is 302 g/mol. The molecular weight excluding hydrogens is 280 g/mol. The molecule has 118 valence electrons.